The molecule has 0 heterocycles. The van der Waals surface area contributed by atoms with Gasteiger partial charge in [-0.15, -0.1) is 0 Å². The average Bonchev–Trinajstić information content (AvgIpc) is 3.06. The van der Waals surface area contributed by atoms with Crippen LogP contribution in [0.3, 0.4) is 0 Å². The van der Waals surface area contributed by atoms with Crippen LogP contribution in [0.1, 0.15) is 44.5 Å². The summed E-state index contributed by atoms with van der Waals surface area (Å²) < 4.78 is 0. The van der Waals surface area contributed by atoms with E-state index in [1.165, 1.54) is 0 Å². The van der Waals surface area contributed by atoms with Gasteiger partial charge < -0.3 is 0 Å². The predicted molar refractivity (Wildman–Crippen MR) is 174 cm³/mol. The summed E-state index contributed by atoms with van der Waals surface area (Å²) in [5.41, 5.74) is 7.33. The molecule has 0 atom stereocenters. The molecule has 0 saturated heterocycles. The zero-order chi connectivity index (χ0) is 28.4. The monoisotopic (exact) mass is 528 g/mol. The molecular weight excluding hydrogens is 504 g/mol. The summed E-state index contributed by atoms with van der Waals surface area (Å²) in [6, 6.07) is 48.4. The van der Waals surface area contributed by atoms with E-state index in [9.17, 15) is 0 Å². The fraction of sp³-hybridized carbons (Fsp3) is 0. The molecule has 0 nitrogen and oxygen atoms in total. The fourth-order valence-corrected chi connectivity index (χ4v) is 4.52. The molecular formula is C42H24. The van der Waals surface area contributed by atoms with E-state index in [-0.39, 0.29) is 0 Å². The third-order valence-corrected chi connectivity index (χ3v) is 6.64. The maximum Gasteiger partial charge on any atom is 0.0484 e. The first-order valence-electron chi connectivity index (χ1n) is 13.7. The Hall–Kier alpha value is -6.18. The molecule has 0 heteroatoms. The van der Waals surface area contributed by atoms with Gasteiger partial charge in [0.05, 0.1) is 0 Å². The van der Waals surface area contributed by atoms with Crippen molar-refractivity contribution < 1.29 is 0 Å². The van der Waals surface area contributed by atoms with Gasteiger partial charge in [-0.2, -0.15) is 0 Å². The lowest BCUT2D eigenvalue weighted by Crippen LogP contribution is -1.93. The molecule has 0 radical (unpaired) electrons. The van der Waals surface area contributed by atoms with Gasteiger partial charge in [0.2, 0.25) is 0 Å². The first-order chi connectivity index (χ1) is 20.8. The van der Waals surface area contributed by atoms with Crippen molar-refractivity contribution in [1.29, 1.82) is 0 Å². The summed E-state index contributed by atoms with van der Waals surface area (Å²) in [5.74, 6) is 27.0. The first kappa shape index (κ1) is 26.1. The lowest BCUT2D eigenvalue weighted by Gasteiger charge is -2.09. The van der Waals surface area contributed by atoms with Crippen LogP contribution in [0.25, 0.3) is 10.8 Å². The molecule has 42 heavy (non-hydrogen) atoms. The van der Waals surface area contributed by atoms with E-state index in [0.717, 1.165) is 55.3 Å². The molecule has 192 valence electrons. The van der Waals surface area contributed by atoms with Crippen molar-refractivity contribution in [3.63, 3.8) is 0 Å². The quantitative estimate of drug-likeness (QED) is 0.174. The summed E-state index contributed by atoms with van der Waals surface area (Å²) in [6.07, 6.45) is 0. The highest BCUT2D eigenvalue weighted by Gasteiger charge is 2.11. The summed E-state index contributed by atoms with van der Waals surface area (Å²) in [4.78, 5) is 0. The van der Waals surface area contributed by atoms with E-state index in [1.54, 1.807) is 0 Å². The molecule has 0 amide bonds. The van der Waals surface area contributed by atoms with Gasteiger partial charge in [0.1, 0.15) is 0 Å². The van der Waals surface area contributed by atoms with Crippen molar-refractivity contribution in [2.24, 2.45) is 0 Å². The maximum absolute atomic E-state index is 3.45. The Balaban J connectivity index is 1.57. The van der Waals surface area contributed by atoms with E-state index >= 15 is 0 Å². The molecule has 0 bridgehead atoms. The minimum absolute atomic E-state index is 0.875. The van der Waals surface area contributed by atoms with E-state index in [4.69, 9.17) is 0 Å². The van der Waals surface area contributed by atoms with Gasteiger partial charge in [0.15, 0.2) is 0 Å². The summed E-state index contributed by atoms with van der Waals surface area (Å²) in [5, 5.41) is 2.00. The Morgan fingerprint density at radius 2 is 0.524 bits per heavy atom. The molecule has 6 rings (SSSR count). The molecule has 0 aliphatic carbocycles. The number of fused-ring (bicyclic) bond motifs is 1. The molecule has 0 aromatic heterocycles. The summed E-state index contributed by atoms with van der Waals surface area (Å²) in [7, 11) is 0. The lowest BCUT2D eigenvalue weighted by atomic mass is 9.93. The van der Waals surface area contributed by atoms with Crippen LogP contribution in [-0.2, 0) is 0 Å². The highest BCUT2D eigenvalue weighted by Crippen LogP contribution is 2.27. The number of hydrogen-bond acceptors (Lipinski definition) is 0. The van der Waals surface area contributed by atoms with Gasteiger partial charge in [0, 0.05) is 44.5 Å². The number of hydrogen-bond donors (Lipinski definition) is 0. The van der Waals surface area contributed by atoms with Crippen molar-refractivity contribution in [3.05, 3.63) is 190 Å². The highest BCUT2D eigenvalue weighted by atomic mass is 14.1. The van der Waals surface area contributed by atoms with Crippen LogP contribution >= 0.6 is 0 Å². The minimum Gasteiger partial charge on any atom is -0.0622 e. The molecule has 6 aromatic carbocycles. The van der Waals surface area contributed by atoms with Crippen LogP contribution in [-0.4, -0.2) is 0 Å². The van der Waals surface area contributed by atoms with Gasteiger partial charge >= 0.3 is 0 Å². The third-order valence-electron chi connectivity index (χ3n) is 6.64. The molecule has 0 aliphatic heterocycles. The molecule has 6 aromatic rings. The molecule has 0 unspecified atom stereocenters. The van der Waals surface area contributed by atoms with Crippen LogP contribution in [0.5, 0.6) is 0 Å². The minimum atomic E-state index is 0.875. The van der Waals surface area contributed by atoms with Gasteiger partial charge in [0.25, 0.3) is 0 Å². The van der Waals surface area contributed by atoms with Gasteiger partial charge in [-0.25, -0.2) is 0 Å². The number of benzene rings is 6. The second-order valence-corrected chi connectivity index (χ2v) is 9.54. The van der Waals surface area contributed by atoms with Crippen molar-refractivity contribution in [1.82, 2.24) is 0 Å². The van der Waals surface area contributed by atoms with E-state index < -0.39 is 0 Å². The van der Waals surface area contributed by atoms with Gasteiger partial charge in [-0.3, -0.25) is 0 Å². The Morgan fingerprint density at radius 1 is 0.238 bits per heavy atom. The van der Waals surface area contributed by atoms with Gasteiger partial charge in [-0.1, -0.05) is 132 Å². The van der Waals surface area contributed by atoms with Crippen molar-refractivity contribution in [2.45, 2.75) is 0 Å². The molecule has 0 aliphatic rings. The fourth-order valence-electron chi connectivity index (χ4n) is 4.52. The SMILES string of the molecule is C(#Cc1ccc2c(C#Cc3ccccc3)c(C#Cc3ccccc3)ccc2c1C#Cc1ccccc1)c1ccccc1. The largest absolute Gasteiger partial charge is 0.0622 e. The average molecular weight is 529 g/mol. The van der Waals surface area contributed by atoms with E-state index in [0.29, 0.717) is 0 Å². The third kappa shape index (κ3) is 6.34. The van der Waals surface area contributed by atoms with Crippen LogP contribution in [0.2, 0.25) is 0 Å². The Bertz CT molecular complexity index is 1950. The zero-order valence-corrected chi connectivity index (χ0v) is 22.9. The summed E-state index contributed by atoms with van der Waals surface area (Å²) in [6.45, 7) is 0. The van der Waals surface area contributed by atoms with Crippen LogP contribution < -0.4 is 0 Å². The number of rotatable bonds is 0. The lowest BCUT2D eigenvalue weighted by molar-refractivity contribution is 1.58. The standard InChI is InChI=1S/C42H24/c1-5-13-33(14-6-1)21-25-37-27-31-42-40(30-24-36-19-11-4-12-20-36)38(26-22-34-15-7-2-8-16-34)28-32-41(42)39(37)29-23-35-17-9-3-10-18-35/h1-20,27-28,31-32H. The van der Waals surface area contributed by atoms with E-state index in [2.05, 4.69) is 71.6 Å². The van der Waals surface area contributed by atoms with Crippen LogP contribution in [0, 0.1) is 47.4 Å². The Labute approximate surface area is 247 Å². The Kier molecular flexibility index (Phi) is 7.93. The zero-order valence-electron chi connectivity index (χ0n) is 22.9. The smallest absolute Gasteiger partial charge is 0.0484 e. The first-order valence-corrected chi connectivity index (χ1v) is 13.7. The second-order valence-electron chi connectivity index (χ2n) is 9.54. The van der Waals surface area contributed by atoms with Crippen LogP contribution in [0.4, 0.5) is 0 Å². The second kappa shape index (κ2) is 12.8. The molecule has 0 spiro atoms. The van der Waals surface area contributed by atoms with Crippen molar-refractivity contribution in [3.8, 4) is 47.4 Å². The highest BCUT2D eigenvalue weighted by molar-refractivity contribution is 5.96. The van der Waals surface area contributed by atoms with Crippen molar-refractivity contribution in [2.75, 3.05) is 0 Å². The molecule has 0 saturated carbocycles. The topological polar surface area (TPSA) is 0 Å². The normalized spacial score (nSPS) is 9.62. The molecule has 0 N–H and O–H groups in total. The van der Waals surface area contributed by atoms with Crippen LogP contribution in [0.15, 0.2) is 146 Å². The van der Waals surface area contributed by atoms with E-state index in [1.807, 2.05) is 121 Å². The Morgan fingerprint density at radius 3 is 0.833 bits per heavy atom. The predicted octanol–water partition coefficient (Wildman–Crippen LogP) is 8.44. The molecule has 0 fully saturated rings. The van der Waals surface area contributed by atoms with Crippen molar-refractivity contribution >= 4 is 10.8 Å². The summed E-state index contributed by atoms with van der Waals surface area (Å²) >= 11 is 0. The van der Waals surface area contributed by atoms with Gasteiger partial charge in [-0.05, 0) is 71.4 Å². The maximum atomic E-state index is 3.45.